The molecular weight excluding hydrogens is 302 g/mol. The van der Waals surface area contributed by atoms with E-state index in [4.69, 9.17) is 9.47 Å². The SMILES string of the molecule is CC(CCNC(=O)Cc1ccccc1)c1ccc2c(c1)OCCO2. The number of carbonyl (C=O) groups is 1. The van der Waals surface area contributed by atoms with E-state index in [1.807, 2.05) is 42.5 Å². The summed E-state index contributed by atoms with van der Waals surface area (Å²) in [4.78, 5) is 12.0. The van der Waals surface area contributed by atoms with Crippen molar-refractivity contribution in [3.63, 3.8) is 0 Å². The molecule has 4 nitrogen and oxygen atoms in total. The van der Waals surface area contributed by atoms with Crippen LogP contribution in [-0.4, -0.2) is 25.7 Å². The van der Waals surface area contributed by atoms with Gasteiger partial charge in [0, 0.05) is 6.54 Å². The van der Waals surface area contributed by atoms with E-state index in [0.717, 1.165) is 23.5 Å². The second-order valence-electron chi connectivity index (χ2n) is 6.11. The quantitative estimate of drug-likeness (QED) is 0.886. The third-order valence-corrected chi connectivity index (χ3v) is 4.24. The van der Waals surface area contributed by atoms with Crippen LogP contribution < -0.4 is 14.8 Å². The molecule has 1 unspecified atom stereocenters. The van der Waals surface area contributed by atoms with E-state index >= 15 is 0 Å². The zero-order valence-corrected chi connectivity index (χ0v) is 14.0. The zero-order valence-electron chi connectivity index (χ0n) is 14.0. The van der Waals surface area contributed by atoms with Crippen LogP contribution in [0.25, 0.3) is 0 Å². The predicted molar refractivity (Wildman–Crippen MR) is 93.6 cm³/mol. The van der Waals surface area contributed by atoms with Crippen LogP contribution in [0.4, 0.5) is 0 Å². The first-order valence-corrected chi connectivity index (χ1v) is 8.42. The first-order chi connectivity index (χ1) is 11.7. The van der Waals surface area contributed by atoms with E-state index < -0.39 is 0 Å². The second-order valence-corrected chi connectivity index (χ2v) is 6.11. The Hall–Kier alpha value is -2.49. The molecule has 2 aromatic carbocycles. The van der Waals surface area contributed by atoms with Gasteiger partial charge < -0.3 is 14.8 Å². The van der Waals surface area contributed by atoms with Crippen LogP contribution in [0.5, 0.6) is 11.5 Å². The summed E-state index contributed by atoms with van der Waals surface area (Å²) >= 11 is 0. The molecule has 1 atom stereocenters. The predicted octanol–water partition coefficient (Wildman–Crippen LogP) is 3.31. The molecule has 1 aliphatic rings. The molecule has 24 heavy (non-hydrogen) atoms. The average molecular weight is 325 g/mol. The molecule has 0 radical (unpaired) electrons. The van der Waals surface area contributed by atoms with Gasteiger partial charge in [-0.3, -0.25) is 4.79 Å². The van der Waals surface area contributed by atoms with Gasteiger partial charge in [-0.25, -0.2) is 0 Å². The molecule has 1 aliphatic heterocycles. The highest BCUT2D eigenvalue weighted by atomic mass is 16.6. The molecular formula is C20H23NO3. The van der Waals surface area contributed by atoms with Gasteiger partial charge in [0.2, 0.25) is 5.91 Å². The summed E-state index contributed by atoms with van der Waals surface area (Å²) in [6.45, 7) is 4.03. The highest BCUT2D eigenvalue weighted by Crippen LogP contribution is 2.33. The first-order valence-electron chi connectivity index (χ1n) is 8.42. The topological polar surface area (TPSA) is 47.6 Å². The lowest BCUT2D eigenvalue weighted by Gasteiger charge is -2.20. The number of carbonyl (C=O) groups excluding carboxylic acids is 1. The van der Waals surface area contributed by atoms with E-state index in [1.54, 1.807) is 0 Å². The largest absolute Gasteiger partial charge is 0.486 e. The summed E-state index contributed by atoms with van der Waals surface area (Å²) in [5.74, 6) is 2.04. The van der Waals surface area contributed by atoms with Gasteiger partial charge in [-0.15, -0.1) is 0 Å². The van der Waals surface area contributed by atoms with Crippen LogP contribution in [-0.2, 0) is 11.2 Å². The number of ether oxygens (including phenoxy) is 2. The van der Waals surface area contributed by atoms with Crippen LogP contribution in [0, 0.1) is 0 Å². The molecule has 1 heterocycles. The summed E-state index contributed by atoms with van der Waals surface area (Å²) in [7, 11) is 0. The molecule has 2 aromatic rings. The van der Waals surface area contributed by atoms with Crippen molar-refractivity contribution in [2.24, 2.45) is 0 Å². The number of amides is 1. The van der Waals surface area contributed by atoms with Crippen molar-refractivity contribution in [1.29, 1.82) is 0 Å². The van der Waals surface area contributed by atoms with Crippen molar-refractivity contribution in [3.05, 3.63) is 59.7 Å². The molecule has 126 valence electrons. The summed E-state index contributed by atoms with van der Waals surface area (Å²) in [6, 6.07) is 15.9. The minimum Gasteiger partial charge on any atom is -0.486 e. The number of hydrogen-bond donors (Lipinski definition) is 1. The molecule has 1 amide bonds. The molecule has 0 fully saturated rings. The minimum atomic E-state index is 0.0653. The molecule has 4 heteroatoms. The van der Waals surface area contributed by atoms with Gasteiger partial charge in [0.15, 0.2) is 11.5 Å². The fourth-order valence-corrected chi connectivity index (χ4v) is 2.80. The number of rotatable bonds is 6. The molecule has 0 saturated heterocycles. The minimum absolute atomic E-state index is 0.0653. The first kappa shape index (κ1) is 16.4. The van der Waals surface area contributed by atoms with Crippen LogP contribution >= 0.6 is 0 Å². The zero-order chi connectivity index (χ0) is 16.8. The van der Waals surface area contributed by atoms with Gasteiger partial charge in [-0.1, -0.05) is 43.3 Å². The Morgan fingerprint density at radius 2 is 1.83 bits per heavy atom. The van der Waals surface area contributed by atoms with Crippen molar-refractivity contribution in [3.8, 4) is 11.5 Å². The van der Waals surface area contributed by atoms with Gasteiger partial charge in [0.05, 0.1) is 6.42 Å². The highest BCUT2D eigenvalue weighted by molar-refractivity contribution is 5.78. The van der Waals surface area contributed by atoms with Crippen molar-refractivity contribution in [2.75, 3.05) is 19.8 Å². The molecule has 0 saturated carbocycles. The van der Waals surface area contributed by atoms with E-state index in [2.05, 4.69) is 18.3 Å². The fourth-order valence-electron chi connectivity index (χ4n) is 2.80. The number of fused-ring (bicyclic) bond motifs is 1. The Morgan fingerprint density at radius 3 is 2.62 bits per heavy atom. The van der Waals surface area contributed by atoms with Gasteiger partial charge in [-0.2, -0.15) is 0 Å². The third-order valence-electron chi connectivity index (χ3n) is 4.24. The third kappa shape index (κ3) is 4.28. The van der Waals surface area contributed by atoms with Gasteiger partial charge in [0.25, 0.3) is 0 Å². The van der Waals surface area contributed by atoms with Gasteiger partial charge >= 0.3 is 0 Å². The lowest BCUT2D eigenvalue weighted by Crippen LogP contribution is -2.26. The van der Waals surface area contributed by atoms with E-state index in [1.165, 1.54) is 5.56 Å². The standard InChI is InChI=1S/C20H23NO3/c1-15(17-7-8-18-19(14-17)24-12-11-23-18)9-10-21-20(22)13-16-5-3-2-4-6-16/h2-8,14-15H,9-13H2,1H3,(H,21,22). The van der Waals surface area contributed by atoms with Crippen LogP contribution in [0.3, 0.4) is 0 Å². The lowest BCUT2D eigenvalue weighted by molar-refractivity contribution is -0.120. The summed E-state index contributed by atoms with van der Waals surface area (Å²) in [5, 5.41) is 3.00. The normalized spacial score (nSPS) is 14.0. The van der Waals surface area contributed by atoms with E-state index in [9.17, 15) is 4.79 Å². The highest BCUT2D eigenvalue weighted by Gasteiger charge is 2.14. The Labute approximate surface area is 142 Å². The smallest absolute Gasteiger partial charge is 0.224 e. The van der Waals surface area contributed by atoms with Crippen LogP contribution in [0.2, 0.25) is 0 Å². The molecule has 0 spiro atoms. The summed E-state index contributed by atoms with van der Waals surface area (Å²) < 4.78 is 11.2. The summed E-state index contributed by atoms with van der Waals surface area (Å²) in [5.41, 5.74) is 2.24. The van der Waals surface area contributed by atoms with Crippen molar-refractivity contribution in [1.82, 2.24) is 5.32 Å². The summed E-state index contributed by atoms with van der Waals surface area (Å²) in [6.07, 6.45) is 1.32. The molecule has 0 aliphatic carbocycles. The van der Waals surface area contributed by atoms with Crippen molar-refractivity contribution >= 4 is 5.91 Å². The Balaban J connectivity index is 1.47. The van der Waals surface area contributed by atoms with E-state index in [-0.39, 0.29) is 5.91 Å². The van der Waals surface area contributed by atoms with Crippen molar-refractivity contribution < 1.29 is 14.3 Å². The fraction of sp³-hybridized carbons (Fsp3) is 0.350. The number of benzene rings is 2. The maximum atomic E-state index is 12.0. The molecule has 0 bridgehead atoms. The molecule has 3 rings (SSSR count). The number of hydrogen-bond acceptors (Lipinski definition) is 3. The monoisotopic (exact) mass is 325 g/mol. The van der Waals surface area contributed by atoms with E-state index in [0.29, 0.717) is 32.1 Å². The lowest BCUT2D eigenvalue weighted by atomic mass is 9.97. The molecule has 1 N–H and O–H groups in total. The number of nitrogens with one attached hydrogen (secondary N) is 1. The van der Waals surface area contributed by atoms with Crippen molar-refractivity contribution in [2.45, 2.75) is 25.7 Å². The Bertz CT molecular complexity index is 685. The Morgan fingerprint density at radius 1 is 1.08 bits per heavy atom. The maximum absolute atomic E-state index is 12.0. The van der Waals surface area contributed by atoms with Gasteiger partial charge in [-0.05, 0) is 35.6 Å². The maximum Gasteiger partial charge on any atom is 0.224 e. The van der Waals surface area contributed by atoms with Crippen LogP contribution in [0.15, 0.2) is 48.5 Å². The second kappa shape index (κ2) is 7.86. The molecule has 0 aromatic heterocycles. The Kier molecular flexibility index (Phi) is 5.36. The van der Waals surface area contributed by atoms with Crippen LogP contribution in [0.1, 0.15) is 30.4 Å². The average Bonchev–Trinajstić information content (AvgIpc) is 2.62. The van der Waals surface area contributed by atoms with Gasteiger partial charge in [0.1, 0.15) is 13.2 Å².